The molecule has 0 bridgehead atoms. The van der Waals surface area contributed by atoms with Crippen LogP contribution in [0.5, 0.6) is 0 Å². The SMILES string of the molecule is CC(Cc1cccc(C(C)(C)CO)c1)C(=O)O. The second-order valence-electron chi connectivity index (χ2n) is 5.19. The van der Waals surface area contributed by atoms with E-state index >= 15 is 0 Å². The van der Waals surface area contributed by atoms with Crippen LogP contribution >= 0.6 is 0 Å². The molecule has 3 heteroatoms. The van der Waals surface area contributed by atoms with Crippen LogP contribution in [0.3, 0.4) is 0 Å². The average Bonchev–Trinajstić information content (AvgIpc) is 2.29. The number of carbonyl (C=O) groups is 1. The monoisotopic (exact) mass is 236 g/mol. The van der Waals surface area contributed by atoms with E-state index in [0.717, 1.165) is 11.1 Å². The predicted molar refractivity (Wildman–Crippen MR) is 67.1 cm³/mol. The number of aliphatic hydroxyl groups is 1. The maximum atomic E-state index is 10.8. The molecule has 94 valence electrons. The van der Waals surface area contributed by atoms with E-state index in [1.54, 1.807) is 6.92 Å². The summed E-state index contributed by atoms with van der Waals surface area (Å²) >= 11 is 0. The van der Waals surface area contributed by atoms with Crippen molar-refractivity contribution >= 4 is 5.97 Å². The van der Waals surface area contributed by atoms with Gasteiger partial charge >= 0.3 is 5.97 Å². The highest BCUT2D eigenvalue weighted by molar-refractivity contribution is 5.69. The first-order valence-electron chi connectivity index (χ1n) is 5.80. The number of aliphatic carboxylic acids is 1. The minimum absolute atomic E-state index is 0.0743. The first-order chi connectivity index (χ1) is 7.86. The van der Waals surface area contributed by atoms with Gasteiger partial charge in [-0.3, -0.25) is 4.79 Å². The molecule has 0 saturated heterocycles. The van der Waals surface area contributed by atoms with E-state index in [-0.39, 0.29) is 17.9 Å². The van der Waals surface area contributed by atoms with Crippen LogP contribution in [-0.4, -0.2) is 22.8 Å². The Morgan fingerprint density at radius 2 is 2.06 bits per heavy atom. The molecule has 1 aromatic rings. The summed E-state index contributed by atoms with van der Waals surface area (Å²) in [7, 11) is 0. The van der Waals surface area contributed by atoms with Crippen molar-refractivity contribution in [2.24, 2.45) is 5.92 Å². The fraction of sp³-hybridized carbons (Fsp3) is 0.500. The van der Waals surface area contributed by atoms with Crippen molar-refractivity contribution in [2.45, 2.75) is 32.6 Å². The molecule has 3 nitrogen and oxygen atoms in total. The first-order valence-corrected chi connectivity index (χ1v) is 5.80. The highest BCUT2D eigenvalue weighted by Crippen LogP contribution is 2.24. The third kappa shape index (κ3) is 3.56. The van der Waals surface area contributed by atoms with Crippen LogP contribution in [0.4, 0.5) is 0 Å². The number of hydrogen-bond acceptors (Lipinski definition) is 2. The lowest BCUT2D eigenvalue weighted by Crippen LogP contribution is -2.22. The normalized spacial score (nSPS) is 13.4. The molecule has 0 aliphatic heterocycles. The Morgan fingerprint density at radius 3 is 2.59 bits per heavy atom. The first kappa shape index (κ1) is 13.7. The van der Waals surface area contributed by atoms with Crippen molar-refractivity contribution in [1.82, 2.24) is 0 Å². The fourth-order valence-electron chi connectivity index (χ4n) is 1.65. The summed E-state index contributed by atoms with van der Waals surface area (Å²) in [5, 5.41) is 18.2. The van der Waals surface area contributed by atoms with E-state index < -0.39 is 5.97 Å². The number of aliphatic hydroxyl groups excluding tert-OH is 1. The molecule has 0 radical (unpaired) electrons. The second-order valence-corrected chi connectivity index (χ2v) is 5.19. The Balaban J connectivity index is 2.90. The summed E-state index contributed by atoms with van der Waals surface area (Å²) in [6, 6.07) is 7.79. The summed E-state index contributed by atoms with van der Waals surface area (Å²) in [6.45, 7) is 5.70. The third-order valence-electron chi connectivity index (χ3n) is 3.07. The van der Waals surface area contributed by atoms with Crippen molar-refractivity contribution in [3.8, 4) is 0 Å². The summed E-state index contributed by atoms with van der Waals surface area (Å²) in [5.41, 5.74) is 1.75. The number of benzene rings is 1. The van der Waals surface area contributed by atoms with Gasteiger partial charge in [0.2, 0.25) is 0 Å². The molecule has 0 saturated carbocycles. The molecule has 1 atom stereocenters. The van der Waals surface area contributed by atoms with Crippen molar-refractivity contribution in [3.63, 3.8) is 0 Å². The molecular formula is C14H20O3. The van der Waals surface area contributed by atoms with Gasteiger partial charge in [-0.15, -0.1) is 0 Å². The molecule has 0 heterocycles. The Hall–Kier alpha value is -1.35. The third-order valence-corrected chi connectivity index (χ3v) is 3.07. The van der Waals surface area contributed by atoms with Crippen LogP contribution in [0.2, 0.25) is 0 Å². The summed E-state index contributed by atoms with van der Waals surface area (Å²) in [6.07, 6.45) is 0.519. The van der Waals surface area contributed by atoms with E-state index in [2.05, 4.69) is 0 Å². The van der Waals surface area contributed by atoms with Gasteiger partial charge in [-0.2, -0.15) is 0 Å². The second kappa shape index (κ2) is 5.32. The van der Waals surface area contributed by atoms with Crippen molar-refractivity contribution in [2.75, 3.05) is 6.61 Å². The molecule has 1 aromatic carbocycles. The zero-order chi connectivity index (χ0) is 13.1. The molecule has 0 fully saturated rings. The van der Waals surface area contributed by atoms with Crippen LogP contribution in [0.15, 0.2) is 24.3 Å². The molecule has 0 aliphatic carbocycles. The van der Waals surface area contributed by atoms with Crippen LogP contribution < -0.4 is 0 Å². The lowest BCUT2D eigenvalue weighted by Gasteiger charge is -2.23. The highest BCUT2D eigenvalue weighted by atomic mass is 16.4. The van der Waals surface area contributed by atoms with E-state index in [1.165, 1.54) is 0 Å². The van der Waals surface area contributed by atoms with Crippen LogP contribution in [0.1, 0.15) is 31.9 Å². The lowest BCUT2D eigenvalue weighted by molar-refractivity contribution is -0.141. The van der Waals surface area contributed by atoms with Gasteiger partial charge in [0, 0.05) is 5.41 Å². The highest BCUT2D eigenvalue weighted by Gasteiger charge is 2.20. The van der Waals surface area contributed by atoms with Gasteiger partial charge in [-0.25, -0.2) is 0 Å². The number of carboxylic acid groups (broad SMARTS) is 1. The number of carboxylic acids is 1. The van der Waals surface area contributed by atoms with Gasteiger partial charge in [0.1, 0.15) is 0 Å². The zero-order valence-electron chi connectivity index (χ0n) is 10.6. The van der Waals surface area contributed by atoms with E-state index in [4.69, 9.17) is 5.11 Å². The van der Waals surface area contributed by atoms with Gasteiger partial charge < -0.3 is 10.2 Å². The van der Waals surface area contributed by atoms with E-state index in [9.17, 15) is 9.90 Å². The van der Waals surface area contributed by atoms with Gasteiger partial charge in [0.25, 0.3) is 0 Å². The maximum absolute atomic E-state index is 10.8. The minimum atomic E-state index is -0.781. The number of hydrogen-bond donors (Lipinski definition) is 2. The van der Waals surface area contributed by atoms with Crippen LogP contribution in [0, 0.1) is 5.92 Å². The van der Waals surface area contributed by atoms with Crippen molar-refractivity contribution < 1.29 is 15.0 Å². The van der Waals surface area contributed by atoms with Gasteiger partial charge in [-0.1, -0.05) is 45.0 Å². The Bertz CT molecular complexity index is 396. The molecule has 0 aromatic heterocycles. The minimum Gasteiger partial charge on any atom is -0.481 e. The molecule has 0 aliphatic rings. The zero-order valence-corrected chi connectivity index (χ0v) is 10.6. The van der Waals surface area contributed by atoms with Crippen LogP contribution in [0.25, 0.3) is 0 Å². The molecule has 0 amide bonds. The van der Waals surface area contributed by atoms with Gasteiger partial charge in [0.15, 0.2) is 0 Å². The quantitative estimate of drug-likeness (QED) is 0.824. The van der Waals surface area contributed by atoms with Crippen molar-refractivity contribution in [3.05, 3.63) is 35.4 Å². The lowest BCUT2D eigenvalue weighted by atomic mass is 9.84. The Morgan fingerprint density at radius 1 is 1.41 bits per heavy atom. The molecule has 1 rings (SSSR count). The summed E-state index contributed by atoms with van der Waals surface area (Å²) in [4.78, 5) is 10.8. The molecular weight excluding hydrogens is 216 g/mol. The van der Waals surface area contributed by atoms with Crippen molar-refractivity contribution in [1.29, 1.82) is 0 Å². The fourth-order valence-corrected chi connectivity index (χ4v) is 1.65. The van der Waals surface area contributed by atoms with Gasteiger partial charge in [0.05, 0.1) is 12.5 Å². The molecule has 0 spiro atoms. The van der Waals surface area contributed by atoms with Gasteiger partial charge in [-0.05, 0) is 17.5 Å². The summed E-state index contributed by atoms with van der Waals surface area (Å²) in [5.74, 6) is -1.17. The molecule has 2 N–H and O–H groups in total. The average molecular weight is 236 g/mol. The standard InChI is InChI=1S/C14H20O3/c1-10(13(16)17)7-11-5-4-6-12(8-11)14(2,3)9-15/h4-6,8,10,15H,7,9H2,1-3H3,(H,16,17). The Labute approximate surface area is 102 Å². The van der Waals surface area contributed by atoms with Crippen LogP contribution in [-0.2, 0) is 16.6 Å². The molecule has 17 heavy (non-hydrogen) atoms. The van der Waals surface area contributed by atoms with E-state index in [1.807, 2.05) is 38.1 Å². The number of rotatable bonds is 5. The topological polar surface area (TPSA) is 57.5 Å². The largest absolute Gasteiger partial charge is 0.481 e. The predicted octanol–water partition coefficient (Wildman–Crippen LogP) is 2.22. The van der Waals surface area contributed by atoms with E-state index in [0.29, 0.717) is 6.42 Å². The molecule has 1 unspecified atom stereocenters. The maximum Gasteiger partial charge on any atom is 0.306 e. The Kier molecular flexibility index (Phi) is 4.29. The summed E-state index contributed by atoms with van der Waals surface area (Å²) < 4.78 is 0. The smallest absolute Gasteiger partial charge is 0.306 e.